The van der Waals surface area contributed by atoms with E-state index in [1.54, 1.807) is 19.3 Å². The summed E-state index contributed by atoms with van der Waals surface area (Å²) in [5, 5.41) is 5.92. The summed E-state index contributed by atoms with van der Waals surface area (Å²) >= 11 is 0. The number of carbonyl (C=O) groups excluding carboxylic acids is 4. The zero-order valence-electron chi connectivity index (χ0n) is 31.0. The minimum atomic E-state index is -3.89. The topological polar surface area (TPSA) is 173 Å². The maximum absolute atomic E-state index is 14.6. The number of amides is 4. The Labute approximate surface area is 315 Å². The second-order valence-electron chi connectivity index (χ2n) is 15.9. The predicted octanol–water partition coefficient (Wildman–Crippen LogP) is 4.01. The number of carbonyl (C=O) groups is 4. The molecule has 14 heteroatoms. The van der Waals surface area contributed by atoms with Crippen LogP contribution in [0.2, 0.25) is 0 Å². The number of hydrogen-bond donors (Lipinski definition) is 3. The molecule has 0 bridgehead atoms. The molecular formula is C40H47N5O8S. The van der Waals surface area contributed by atoms with Crippen LogP contribution in [0.15, 0.2) is 66.7 Å². The van der Waals surface area contributed by atoms with Gasteiger partial charge in [0.15, 0.2) is 0 Å². The van der Waals surface area contributed by atoms with E-state index < -0.39 is 68.1 Å². The number of rotatable bonds is 7. The van der Waals surface area contributed by atoms with Crippen molar-refractivity contribution in [3.8, 4) is 22.8 Å². The Morgan fingerprint density at radius 2 is 1.81 bits per heavy atom. The zero-order valence-corrected chi connectivity index (χ0v) is 31.8. The molecule has 1 saturated heterocycles. The third-order valence-corrected chi connectivity index (χ3v) is 12.5. The third-order valence-electron chi connectivity index (χ3n) is 10.7. The minimum Gasteiger partial charge on any atom is -0.497 e. The van der Waals surface area contributed by atoms with E-state index in [0.717, 1.165) is 5.56 Å². The first-order chi connectivity index (χ1) is 25.7. The van der Waals surface area contributed by atoms with Gasteiger partial charge in [-0.2, -0.15) is 0 Å². The normalized spacial score (nSPS) is 27.0. The fourth-order valence-corrected chi connectivity index (χ4v) is 8.73. The van der Waals surface area contributed by atoms with E-state index in [1.165, 1.54) is 4.90 Å². The fraction of sp³-hybridized carbons (Fsp3) is 0.475. The molecule has 3 aromatic rings. The zero-order chi connectivity index (χ0) is 38.4. The largest absolute Gasteiger partial charge is 0.497 e. The molecule has 54 heavy (non-hydrogen) atoms. The molecule has 2 aromatic carbocycles. The first-order valence-corrected chi connectivity index (χ1v) is 20.1. The molecule has 0 spiro atoms. The average molecular weight is 758 g/mol. The van der Waals surface area contributed by atoms with E-state index in [0.29, 0.717) is 53.8 Å². The molecule has 3 N–H and O–H groups in total. The van der Waals surface area contributed by atoms with Crippen molar-refractivity contribution in [2.45, 2.75) is 94.7 Å². The SMILES string of the molecule is COc1ccc2c(O[C@@H]3C[C@H]4C(=O)N[C@]5(C(=O)NS(=O)(=O)C6CC6)C[C@@H]5/C=C\CCCC(=O)N[C@H](C(C)(C)C)C(=O)N4C3)cc(-c3ccccc3)nc2c1. The molecule has 4 amide bonds. The number of methoxy groups -OCH3 is 1. The second-order valence-corrected chi connectivity index (χ2v) is 17.8. The highest BCUT2D eigenvalue weighted by Crippen LogP contribution is 2.46. The smallest absolute Gasteiger partial charge is 0.259 e. The molecule has 2 aliphatic heterocycles. The van der Waals surface area contributed by atoms with Gasteiger partial charge in [-0.15, -0.1) is 0 Å². The standard InChI is InChI=1S/C40H47N5O8S/c1-39(2,3)35-37(48)45-23-27(53-33-21-30(24-11-7-5-8-12-24)41-31-19-26(52-4)15-18-29(31)33)20-32(45)36(47)43-40(38(49)44-54(50,51)28-16-17-28)22-25(40)13-9-6-10-14-34(46)42-35/h5,7-9,11-13,15,18-19,21,25,27-28,32,35H,6,10,14,16-17,20,22-23H2,1-4H3,(H,42,46)(H,43,47)(H,44,49)/b13-9-/t25-,27+,32-,35-,40+/m0/s1. The van der Waals surface area contributed by atoms with Gasteiger partial charge >= 0.3 is 0 Å². The molecule has 2 aliphatic carbocycles. The van der Waals surface area contributed by atoms with Crippen LogP contribution in [0.25, 0.3) is 22.2 Å². The number of ether oxygens (including phenoxy) is 2. The summed E-state index contributed by atoms with van der Waals surface area (Å²) in [6, 6.07) is 14.9. The maximum Gasteiger partial charge on any atom is 0.259 e. The lowest BCUT2D eigenvalue weighted by Crippen LogP contribution is -2.60. The molecule has 0 unspecified atom stereocenters. The van der Waals surface area contributed by atoms with Crippen LogP contribution in [0, 0.1) is 11.3 Å². The Bertz CT molecular complexity index is 2110. The van der Waals surface area contributed by atoms with E-state index in [-0.39, 0.29) is 31.7 Å². The number of nitrogens with one attached hydrogen (secondary N) is 3. The Hall–Kier alpha value is -4.98. The molecule has 286 valence electrons. The van der Waals surface area contributed by atoms with Crippen molar-refractivity contribution < 1.29 is 37.1 Å². The summed E-state index contributed by atoms with van der Waals surface area (Å²) in [5.74, 6) is -1.48. The van der Waals surface area contributed by atoms with Crippen molar-refractivity contribution in [3.63, 3.8) is 0 Å². The van der Waals surface area contributed by atoms with Crippen molar-refractivity contribution >= 4 is 44.6 Å². The van der Waals surface area contributed by atoms with Crippen molar-refractivity contribution in [3.05, 3.63) is 66.7 Å². The van der Waals surface area contributed by atoms with Gasteiger partial charge in [0, 0.05) is 41.8 Å². The fourth-order valence-electron chi connectivity index (χ4n) is 7.37. The lowest BCUT2D eigenvalue weighted by Gasteiger charge is -2.35. The Balaban J connectivity index is 1.24. The van der Waals surface area contributed by atoms with Crippen LogP contribution in [0.5, 0.6) is 11.5 Å². The van der Waals surface area contributed by atoms with E-state index >= 15 is 0 Å². The molecule has 4 aliphatic rings. The number of sulfonamides is 1. The molecule has 1 aromatic heterocycles. The molecular weight excluding hydrogens is 711 g/mol. The Morgan fingerprint density at radius 3 is 2.52 bits per heavy atom. The van der Waals surface area contributed by atoms with Gasteiger partial charge in [-0.1, -0.05) is 63.3 Å². The first-order valence-electron chi connectivity index (χ1n) is 18.5. The van der Waals surface area contributed by atoms with E-state index in [2.05, 4.69) is 15.4 Å². The van der Waals surface area contributed by atoms with Crippen LogP contribution in [0.3, 0.4) is 0 Å². The quantitative estimate of drug-likeness (QED) is 0.301. The van der Waals surface area contributed by atoms with Gasteiger partial charge in [-0.3, -0.25) is 23.9 Å². The molecule has 5 atom stereocenters. The monoisotopic (exact) mass is 757 g/mol. The van der Waals surface area contributed by atoms with Gasteiger partial charge < -0.3 is 25.0 Å². The number of fused-ring (bicyclic) bond motifs is 3. The lowest BCUT2D eigenvalue weighted by molar-refractivity contribution is -0.144. The Morgan fingerprint density at radius 1 is 1.06 bits per heavy atom. The van der Waals surface area contributed by atoms with Crippen LogP contribution < -0.4 is 24.8 Å². The van der Waals surface area contributed by atoms with Gasteiger partial charge in [0.1, 0.15) is 35.2 Å². The van der Waals surface area contributed by atoms with Gasteiger partial charge in [0.25, 0.3) is 5.91 Å². The molecule has 3 fully saturated rings. The molecule has 13 nitrogen and oxygen atoms in total. The van der Waals surface area contributed by atoms with Crippen LogP contribution in [0.1, 0.15) is 65.7 Å². The lowest BCUT2D eigenvalue weighted by atomic mass is 9.85. The number of pyridine rings is 1. The summed E-state index contributed by atoms with van der Waals surface area (Å²) < 4.78 is 40.1. The summed E-state index contributed by atoms with van der Waals surface area (Å²) in [6.07, 6.45) is 5.40. The highest BCUT2D eigenvalue weighted by Gasteiger charge is 2.62. The van der Waals surface area contributed by atoms with Crippen LogP contribution >= 0.6 is 0 Å². The predicted molar refractivity (Wildman–Crippen MR) is 202 cm³/mol. The minimum absolute atomic E-state index is 0.0125. The summed E-state index contributed by atoms with van der Waals surface area (Å²) in [4.78, 5) is 62.3. The molecule has 0 radical (unpaired) electrons. The van der Waals surface area contributed by atoms with E-state index in [4.69, 9.17) is 14.5 Å². The molecule has 7 rings (SSSR count). The molecule has 2 saturated carbocycles. The van der Waals surface area contributed by atoms with Crippen LogP contribution in [-0.4, -0.2) is 84.6 Å². The van der Waals surface area contributed by atoms with Crippen molar-refractivity contribution in [2.24, 2.45) is 11.3 Å². The van der Waals surface area contributed by atoms with E-state index in [9.17, 15) is 27.6 Å². The Kier molecular flexibility index (Phi) is 9.92. The number of nitrogens with zero attached hydrogens (tertiary/aromatic N) is 2. The summed E-state index contributed by atoms with van der Waals surface area (Å²) in [5.41, 5.74) is -0.0722. The van der Waals surface area contributed by atoms with Gasteiger partial charge in [-0.05, 0) is 49.7 Å². The highest BCUT2D eigenvalue weighted by molar-refractivity contribution is 7.91. The summed E-state index contributed by atoms with van der Waals surface area (Å²) in [7, 11) is -2.32. The number of aromatic nitrogens is 1. The summed E-state index contributed by atoms with van der Waals surface area (Å²) in [6.45, 7) is 5.56. The van der Waals surface area contributed by atoms with Crippen LogP contribution in [0.4, 0.5) is 0 Å². The van der Waals surface area contributed by atoms with Gasteiger partial charge in [0.05, 0.1) is 30.1 Å². The van der Waals surface area contributed by atoms with Crippen molar-refractivity contribution in [1.82, 2.24) is 25.2 Å². The van der Waals surface area contributed by atoms with Gasteiger partial charge in [-0.25, -0.2) is 13.4 Å². The van der Waals surface area contributed by atoms with Crippen molar-refractivity contribution in [1.29, 1.82) is 0 Å². The molecule has 3 heterocycles. The van der Waals surface area contributed by atoms with Crippen molar-refractivity contribution in [2.75, 3.05) is 13.7 Å². The highest BCUT2D eigenvalue weighted by atomic mass is 32.2. The third kappa shape index (κ3) is 7.66. The second kappa shape index (κ2) is 14.3. The van der Waals surface area contributed by atoms with Crippen LogP contribution in [-0.2, 0) is 29.2 Å². The number of hydrogen-bond acceptors (Lipinski definition) is 9. The maximum atomic E-state index is 14.6. The number of allylic oxidation sites excluding steroid dienone is 1. The first kappa shape index (κ1) is 37.3. The average Bonchev–Trinajstić information content (AvgIpc) is 4.06. The van der Waals surface area contributed by atoms with E-state index in [1.807, 2.05) is 75.4 Å². The van der Waals surface area contributed by atoms with Gasteiger partial charge in [0.2, 0.25) is 27.7 Å². The number of benzene rings is 2.